The highest BCUT2D eigenvalue weighted by Gasteiger charge is 2.43. The first-order valence-corrected chi connectivity index (χ1v) is 15.1. The lowest BCUT2D eigenvalue weighted by molar-refractivity contribution is -0.148. The molecular formula is C29H33F3N6O2S. The van der Waals surface area contributed by atoms with E-state index in [0.29, 0.717) is 54.5 Å². The van der Waals surface area contributed by atoms with Gasteiger partial charge in [-0.1, -0.05) is 30.3 Å². The summed E-state index contributed by atoms with van der Waals surface area (Å²) >= 11 is 1.37. The molecule has 1 unspecified atom stereocenters. The Labute approximate surface area is 240 Å². The Hall–Kier alpha value is -3.41. The number of nitrogens with one attached hydrogen (secondary N) is 2. The minimum absolute atomic E-state index is 0.0391. The summed E-state index contributed by atoms with van der Waals surface area (Å²) < 4.78 is 44.0. The maximum absolute atomic E-state index is 14.3. The van der Waals surface area contributed by atoms with Gasteiger partial charge in [-0.15, -0.1) is 21.5 Å². The van der Waals surface area contributed by atoms with Crippen LogP contribution in [0.1, 0.15) is 77.3 Å². The first kappa shape index (κ1) is 27.7. The third kappa shape index (κ3) is 5.98. The number of hydrogen-bond donors (Lipinski definition) is 2. The van der Waals surface area contributed by atoms with Gasteiger partial charge < -0.3 is 15.5 Å². The molecule has 2 amide bonds. The standard InChI is InChI=1S/C29H33F3N6O2S/c1-2-37(16-18-6-4-3-5-7-18)28-36-35-27(29(30,31)32)38(28)20-12-13-22-21(14-20)23(25(40)33-15-17-8-9-17)26(41-22)34-24(39)19-10-11-19/h3-7,17,19-20H,2,8-16H2,1H3,(H,33,40)(H,34,39). The second kappa shape index (κ2) is 11.1. The van der Waals surface area contributed by atoms with Crippen molar-refractivity contribution in [2.75, 3.05) is 23.3 Å². The molecule has 8 nitrogen and oxygen atoms in total. The van der Waals surface area contributed by atoms with Crippen molar-refractivity contribution in [1.82, 2.24) is 20.1 Å². The zero-order valence-electron chi connectivity index (χ0n) is 22.8. The van der Waals surface area contributed by atoms with Gasteiger partial charge in [0.25, 0.3) is 5.91 Å². The van der Waals surface area contributed by atoms with Crippen LogP contribution in [0.5, 0.6) is 0 Å². The minimum Gasteiger partial charge on any atom is -0.352 e. The molecule has 0 aliphatic heterocycles. The van der Waals surface area contributed by atoms with Crippen LogP contribution < -0.4 is 15.5 Å². The van der Waals surface area contributed by atoms with Crippen molar-refractivity contribution in [3.05, 3.63) is 57.7 Å². The zero-order valence-corrected chi connectivity index (χ0v) is 23.7. The maximum Gasteiger partial charge on any atom is 0.451 e. The predicted octanol–water partition coefficient (Wildman–Crippen LogP) is 5.60. The summed E-state index contributed by atoms with van der Waals surface area (Å²) in [4.78, 5) is 28.9. The van der Waals surface area contributed by atoms with Crippen LogP contribution in [0.4, 0.5) is 24.1 Å². The molecule has 3 aromatic rings. The number of halogens is 3. The number of carbonyl (C=O) groups excluding carboxylic acids is 2. The monoisotopic (exact) mass is 586 g/mol. The Balaban J connectivity index is 1.35. The molecule has 41 heavy (non-hydrogen) atoms. The molecule has 6 rings (SSSR count). The van der Waals surface area contributed by atoms with Gasteiger partial charge in [0.2, 0.25) is 17.7 Å². The molecule has 3 aliphatic rings. The molecule has 2 heterocycles. The van der Waals surface area contributed by atoms with Crippen LogP contribution in [0.3, 0.4) is 0 Å². The van der Waals surface area contributed by atoms with E-state index in [9.17, 15) is 22.8 Å². The Morgan fingerprint density at radius 2 is 1.85 bits per heavy atom. The second-order valence-corrected chi connectivity index (χ2v) is 12.3. The lowest BCUT2D eigenvalue weighted by Gasteiger charge is -2.30. The van der Waals surface area contributed by atoms with Crippen molar-refractivity contribution in [2.45, 2.75) is 70.6 Å². The van der Waals surface area contributed by atoms with Gasteiger partial charge in [-0.3, -0.25) is 14.2 Å². The van der Waals surface area contributed by atoms with Crippen molar-refractivity contribution < 1.29 is 22.8 Å². The molecule has 0 radical (unpaired) electrons. The Morgan fingerprint density at radius 3 is 2.51 bits per heavy atom. The summed E-state index contributed by atoms with van der Waals surface area (Å²) in [5.74, 6) is -0.831. The van der Waals surface area contributed by atoms with Gasteiger partial charge in [-0.2, -0.15) is 13.2 Å². The van der Waals surface area contributed by atoms with Crippen LogP contribution >= 0.6 is 11.3 Å². The molecule has 218 valence electrons. The molecule has 12 heteroatoms. The lowest BCUT2D eigenvalue weighted by Crippen LogP contribution is -2.31. The summed E-state index contributed by atoms with van der Waals surface area (Å²) in [5.41, 5.74) is 2.06. The van der Waals surface area contributed by atoms with Crippen molar-refractivity contribution >= 4 is 34.1 Å². The number of rotatable bonds is 10. The zero-order chi connectivity index (χ0) is 28.7. The number of thiophene rings is 1. The third-order valence-corrected chi connectivity index (χ3v) is 9.28. The molecule has 2 fully saturated rings. The first-order valence-electron chi connectivity index (χ1n) is 14.3. The molecule has 0 spiro atoms. The van der Waals surface area contributed by atoms with E-state index in [1.807, 2.05) is 37.3 Å². The quantitative estimate of drug-likeness (QED) is 0.323. The highest BCUT2D eigenvalue weighted by atomic mass is 32.1. The highest BCUT2D eigenvalue weighted by molar-refractivity contribution is 7.17. The van der Waals surface area contributed by atoms with Gasteiger partial charge in [-0.05, 0) is 68.9 Å². The fraction of sp³-hybridized carbons (Fsp3) is 0.517. The van der Waals surface area contributed by atoms with Gasteiger partial charge in [-0.25, -0.2) is 0 Å². The largest absolute Gasteiger partial charge is 0.451 e. The van der Waals surface area contributed by atoms with Gasteiger partial charge in [0.1, 0.15) is 5.00 Å². The molecular weight excluding hydrogens is 553 g/mol. The smallest absolute Gasteiger partial charge is 0.352 e. The van der Waals surface area contributed by atoms with E-state index in [2.05, 4.69) is 20.8 Å². The van der Waals surface area contributed by atoms with E-state index in [-0.39, 0.29) is 30.1 Å². The SMILES string of the molecule is CCN(Cc1ccccc1)c1nnc(C(F)(F)F)n1C1CCc2sc(NC(=O)C3CC3)c(C(=O)NCC3CC3)c2C1. The molecule has 1 aromatic carbocycles. The summed E-state index contributed by atoms with van der Waals surface area (Å²) in [5, 5.41) is 14.1. The summed E-state index contributed by atoms with van der Waals surface area (Å²) in [7, 11) is 0. The maximum atomic E-state index is 14.3. The number of benzene rings is 1. The molecule has 1 atom stereocenters. The third-order valence-electron chi connectivity index (χ3n) is 8.07. The fourth-order valence-corrected chi connectivity index (χ4v) is 6.72. The molecule has 0 saturated heterocycles. The van der Waals surface area contributed by atoms with Crippen molar-refractivity contribution in [3.8, 4) is 0 Å². The van der Waals surface area contributed by atoms with E-state index in [1.165, 1.54) is 15.9 Å². The average Bonchev–Trinajstić information content (AvgIpc) is 3.88. The first-order chi connectivity index (χ1) is 19.7. The van der Waals surface area contributed by atoms with Crippen LogP contribution in [0.25, 0.3) is 0 Å². The summed E-state index contributed by atoms with van der Waals surface area (Å²) in [6.07, 6.45) is 0.252. The molecule has 0 bridgehead atoms. The van der Waals surface area contributed by atoms with E-state index in [0.717, 1.165) is 36.1 Å². The van der Waals surface area contributed by atoms with Gasteiger partial charge in [0.05, 0.1) is 5.56 Å². The summed E-state index contributed by atoms with van der Waals surface area (Å²) in [6, 6.07) is 8.93. The minimum atomic E-state index is -4.69. The number of carbonyl (C=O) groups is 2. The Kier molecular flexibility index (Phi) is 7.52. The van der Waals surface area contributed by atoms with Crippen molar-refractivity contribution in [3.63, 3.8) is 0 Å². The van der Waals surface area contributed by atoms with Crippen molar-refractivity contribution in [1.29, 1.82) is 0 Å². The highest BCUT2D eigenvalue weighted by Crippen LogP contribution is 2.44. The van der Waals surface area contributed by atoms with E-state index < -0.39 is 18.0 Å². The number of aryl methyl sites for hydroxylation is 1. The Morgan fingerprint density at radius 1 is 1.10 bits per heavy atom. The number of fused-ring (bicyclic) bond motifs is 1. The molecule has 2 aromatic heterocycles. The number of nitrogens with zero attached hydrogens (tertiary/aromatic N) is 4. The number of amides is 2. The average molecular weight is 587 g/mol. The van der Waals surface area contributed by atoms with Crippen LogP contribution in [0, 0.1) is 11.8 Å². The second-order valence-electron chi connectivity index (χ2n) is 11.2. The van der Waals surface area contributed by atoms with Gasteiger partial charge in [0, 0.05) is 36.5 Å². The van der Waals surface area contributed by atoms with E-state index >= 15 is 0 Å². The van der Waals surface area contributed by atoms with Gasteiger partial charge >= 0.3 is 6.18 Å². The molecule has 3 aliphatic carbocycles. The number of anilines is 2. The van der Waals surface area contributed by atoms with E-state index in [4.69, 9.17) is 0 Å². The topological polar surface area (TPSA) is 92.2 Å². The lowest BCUT2D eigenvalue weighted by atomic mass is 9.90. The number of aromatic nitrogens is 3. The Bertz CT molecular complexity index is 1430. The van der Waals surface area contributed by atoms with Crippen molar-refractivity contribution in [2.24, 2.45) is 11.8 Å². The van der Waals surface area contributed by atoms with Crippen LogP contribution in [-0.4, -0.2) is 39.7 Å². The van der Waals surface area contributed by atoms with Crippen LogP contribution in [0.15, 0.2) is 30.3 Å². The predicted molar refractivity (Wildman–Crippen MR) is 150 cm³/mol. The fourth-order valence-electron chi connectivity index (χ4n) is 5.48. The molecule has 2 N–H and O–H groups in total. The van der Waals surface area contributed by atoms with Crippen LogP contribution in [-0.2, 0) is 30.4 Å². The normalized spacial score (nSPS) is 18.6. The number of hydrogen-bond acceptors (Lipinski definition) is 6. The summed E-state index contributed by atoms with van der Waals surface area (Å²) in [6.45, 7) is 3.26. The van der Waals surface area contributed by atoms with Crippen LogP contribution in [0.2, 0.25) is 0 Å². The van der Waals surface area contributed by atoms with E-state index in [1.54, 1.807) is 4.90 Å². The molecule has 2 saturated carbocycles. The number of alkyl halides is 3. The van der Waals surface area contributed by atoms with Gasteiger partial charge in [0.15, 0.2) is 0 Å².